The van der Waals surface area contributed by atoms with Crippen LogP contribution in [0.4, 0.5) is 0 Å². The third-order valence-corrected chi connectivity index (χ3v) is 6.96. The lowest BCUT2D eigenvalue weighted by Crippen LogP contribution is -2.27. The molecule has 2 aromatic heterocycles. The third kappa shape index (κ3) is 6.24. The Morgan fingerprint density at radius 2 is 2.03 bits per heavy atom. The first-order chi connectivity index (χ1) is 15.0. The fourth-order valence-corrected chi connectivity index (χ4v) is 5.03. The molecule has 2 heterocycles. The smallest absolute Gasteiger partial charge is 0.233 e. The van der Waals surface area contributed by atoms with Gasteiger partial charge < -0.3 is 14.2 Å². The van der Waals surface area contributed by atoms with Gasteiger partial charge in [0, 0.05) is 19.6 Å². The maximum atomic E-state index is 12.6. The van der Waals surface area contributed by atoms with Gasteiger partial charge in [-0.3, -0.25) is 4.79 Å². The largest absolute Gasteiger partial charge is 0.484 e. The summed E-state index contributed by atoms with van der Waals surface area (Å²) in [4.78, 5) is 14.4. The van der Waals surface area contributed by atoms with Gasteiger partial charge in [0.25, 0.3) is 0 Å². The van der Waals surface area contributed by atoms with Crippen LogP contribution in [0, 0.1) is 0 Å². The van der Waals surface area contributed by atoms with Crippen LogP contribution in [0.5, 0.6) is 5.75 Å². The van der Waals surface area contributed by atoms with Crippen LogP contribution in [0.15, 0.2) is 46.2 Å². The minimum absolute atomic E-state index is 0.0594. The average molecular weight is 479 g/mol. The number of hydrogen-bond acceptors (Lipinski definition) is 6. The van der Waals surface area contributed by atoms with Crippen molar-refractivity contribution in [3.8, 4) is 5.75 Å². The number of thioether (sulfide) groups is 1. The Balaban J connectivity index is 1.69. The molecule has 166 valence electrons. The van der Waals surface area contributed by atoms with Crippen molar-refractivity contribution in [2.45, 2.75) is 51.0 Å². The first-order valence-corrected chi connectivity index (χ1v) is 12.5. The molecule has 0 unspecified atom stereocenters. The van der Waals surface area contributed by atoms with Gasteiger partial charge in [-0.2, -0.15) is 11.3 Å². The summed E-state index contributed by atoms with van der Waals surface area (Å²) in [6, 6.07) is 9.65. The maximum Gasteiger partial charge on any atom is 0.233 e. The number of ether oxygens (including phenoxy) is 1. The molecule has 0 saturated heterocycles. The molecular formula is C22H27ClN4O2S2. The van der Waals surface area contributed by atoms with Gasteiger partial charge in [0.1, 0.15) is 12.4 Å². The lowest BCUT2D eigenvalue weighted by molar-refractivity contribution is -0.127. The quantitative estimate of drug-likeness (QED) is 0.331. The molecule has 0 aliphatic carbocycles. The van der Waals surface area contributed by atoms with E-state index in [9.17, 15) is 4.79 Å². The summed E-state index contributed by atoms with van der Waals surface area (Å²) in [7, 11) is 1.83. The normalized spacial score (nSPS) is 11.1. The molecule has 3 aromatic rings. The second kappa shape index (κ2) is 11.5. The molecular weight excluding hydrogens is 452 g/mol. The highest BCUT2D eigenvalue weighted by Gasteiger charge is 2.21. The first-order valence-electron chi connectivity index (χ1n) is 10.2. The van der Waals surface area contributed by atoms with E-state index in [-0.39, 0.29) is 18.6 Å². The van der Waals surface area contributed by atoms with Crippen molar-refractivity contribution < 1.29 is 9.53 Å². The molecule has 0 aliphatic heterocycles. The van der Waals surface area contributed by atoms with Crippen molar-refractivity contribution in [3.05, 3.63) is 57.5 Å². The average Bonchev–Trinajstić information content (AvgIpc) is 3.42. The van der Waals surface area contributed by atoms with Crippen LogP contribution in [0.3, 0.4) is 0 Å². The summed E-state index contributed by atoms with van der Waals surface area (Å²) in [5, 5.41) is 14.1. The van der Waals surface area contributed by atoms with Gasteiger partial charge in [-0.05, 0) is 47.4 Å². The van der Waals surface area contributed by atoms with Crippen molar-refractivity contribution in [2.24, 2.45) is 0 Å². The summed E-state index contributed by atoms with van der Waals surface area (Å²) in [6.45, 7) is 5.15. The van der Waals surface area contributed by atoms with Gasteiger partial charge in [-0.1, -0.05) is 49.3 Å². The number of carbonyl (C=O) groups is 1. The van der Waals surface area contributed by atoms with E-state index in [0.717, 1.165) is 29.4 Å². The number of para-hydroxylation sites is 1. The number of halogens is 1. The van der Waals surface area contributed by atoms with E-state index in [1.807, 2.05) is 36.7 Å². The molecule has 0 spiro atoms. The Hall–Kier alpha value is -2.03. The van der Waals surface area contributed by atoms with Crippen LogP contribution in [0.25, 0.3) is 0 Å². The first kappa shape index (κ1) is 23.6. The second-order valence-electron chi connectivity index (χ2n) is 7.13. The predicted octanol–water partition coefficient (Wildman–Crippen LogP) is 5.68. The maximum absolute atomic E-state index is 12.6. The molecule has 0 aliphatic rings. The van der Waals surface area contributed by atoms with Gasteiger partial charge >= 0.3 is 0 Å². The highest BCUT2D eigenvalue weighted by Crippen LogP contribution is 2.28. The van der Waals surface area contributed by atoms with Crippen LogP contribution in [-0.2, 0) is 17.9 Å². The number of aromatic nitrogens is 3. The van der Waals surface area contributed by atoms with Gasteiger partial charge in [0.2, 0.25) is 5.91 Å². The number of rotatable bonds is 11. The van der Waals surface area contributed by atoms with Gasteiger partial charge in [-0.25, -0.2) is 0 Å². The lowest BCUT2D eigenvalue weighted by atomic mass is 10.2. The molecule has 1 amide bonds. The zero-order chi connectivity index (χ0) is 22.2. The zero-order valence-electron chi connectivity index (χ0n) is 18.0. The Morgan fingerprint density at radius 3 is 2.71 bits per heavy atom. The van der Waals surface area contributed by atoms with E-state index < -0.39 is 0 Å². The predicted molar refractivity (Wildman–Crippen MR) is 127 cm³/mol. The monoisotopic (exact) mass is 478 g/mol. The molecule has 0 bridgehead atoms. The van der Waals surface area contributed by atoms with Gasteiger partial charge in [0.05, 0.1) is 10.8 Å². The summed E-state index contributed by atoms with van der Waals surface area (Å²) >= 11 is 9.26. The summed E-state index contributed by atoms with van der Waals surface area (Å²) in [5.74, 6) is 1.71. The fourth-order valence-electron chi connectivity index (χ4n) is 3.21. The van der Waals surface area contributed by atoms with Crippen LogP contribution >= 0.6 is 34.7 Å². The van der Waals surface area contributed by atoms with Crippen molar-refractivity contribution in [3.63, 3.8) is 0 Å². The van der Waals surface area contributed by atoms with Crippen molar-refractivity contribution >= 4 is 40.6 Å². The van der Waals surface area contributed by atoms with Crippen molar-refractivity contribution in [1.82, 2.24) is 19.7 Å². The SMILES string of the molecule is CCC(CC)n1c(COc2ccccc2Cl)nnc1SCC(=O)N(C)Cc1ccsc1. The van der Waals surface area contributed by atoms with Gasteiger partial charge in [-0.15, -0.1) is 10.2 Å². The molecule has 31 heavy (non-hydrogen) atoms. The van der Waals surface area contributed by atoms with Crippen LogP contribution < -0.4 is 4.74 Å². The Labute approximate surface area is 196 Å². The van der Waals surface area contributed by atoms with Crippen LogP contribution in [0.2, 0.25) is 5.02 Å². The Morgan fingerprint density at radius 1 is 1.26 bits per heavy atom. The molecule has 0 atom stereocenters. The molecule has 0 fully saturated rings. The minimum atomic E-state index is 0.0594. The van der Waals surface area contributed by atoms with Crippen LogP contribution in [0.1, 0.15) is 44.1 Å². The molecule has 6 nitrogen and oxygen atoms in total. The Kier molecular flexibility index (Phi) is 8.80. The highest BCUT2D eigenvalue weighted by atomic mass is 35.5. The van der Waals surface area contributed by atoms with Crippen molar-refractivity contribution in [2.75, 3.05) is 12.8 Å². The number of benzene rings is 1. The van der Waals surface area contributed by atoms with E-state index in [4.69, 9.17) is 16.3 Å². The van der Waals surface area contributed by atoms with E-state index in [0.29, 0.717) is 23.1 Å². The fraction of sp³-hybridized carbons (Fsp3) is 0.409. The van der Waals surface area contributed by atoms with Crippen molar-refractivity contribution in [1.29, 1.82) is 0 Å². The highest BCUT2D eigenvalue weighted by molar-refractivity contribution is 7.99. The second-order valence-corrected chi connectivity index (χ2v) is 9.26. The zero-order valence-corrected chi connectivity index (χ0v) is 20.3. The topological polar surface area (TPSA) is 60.2 Å². The molecule has 3 rings (SSSR count). The van der Waals surface area contributed by atoms with E-state index in [1.165, 1.54) is 11.8 Å². The number of thiophene rings is 1. The number of hydrogen-bond donors (Lipinski definition) is 0. The lowest BCUT2D eigenvalue weighted by Gasteiger charge is -2.20. The third-order valence-electron chi connectivity index (χ3n) is 4.99. The summed E-state index contributed by atoms with van der Waals surface area (Å²) in [6.07, 6.45) is 1.88. The van der Waals surface area contributed by atoms with Gasteiger partial charge in [0.15, 0.2) is 11.0 Å². The number of carbonyl (C=O) groups excluding carboxylic acids is 1. The number of nitrogens with zero attached hydrogens (tertiary/aromatic N) is 4. The molecule has 0 N–H and O–H groups in total. The molecule has 0 radical (unpaired) electrons. The molecule has 0 saturated carbocycles. The molecule has 9 heteroatoms. The number of amides is 1. The summed E-state index contributed by atoms with van der Waals surface area (Å²) in [5.41, 5.74) is 1.14. The van der Waals surface area contributed by atoms with E-state index in [2.05, 4.69) is 34.0 Å². The van der Waals surface area contributed by atoms with E-state index >= 15 is 0 Å². The van der Waals surface area contributed by atoms with Crippen LogP contribution in [-0.4, -0.2) is 38.4 Å². The molecule has 1 aromatic carbocycles. The van der Waals surface area contributed by atoms with E-state index in [1.54, 1.807) is 22.3 Å². The summed E-state index contributed by atoms with van der Waals surface area (Å²) < 4.78 is 8.00. The Bertz CT molecular complexity index is 974. The standard InChI is InChI=1S/C22H27ClN4O2S2/c1-4-17(5-2)27-20(13-29-19-9-7-6-8-18(19)23)24-25-22(27)31-15-21(28)26(3)12-16-10-11-30-14-16/h6-11,14,17H,4-5,12-13,15H2,1-3H3. The minimum Gasteiger partial charge on any atom is -0.484 e.